The first-order chi connectivity index (χ1) is 9.06. The maximum atomic E-state index is 13.3. The Morgan fingerprint density at radius 3 is 2.37 bits per heavy atom. The predicted molar refractivity (Wildman–Crippen MR) is 65.2 cm³/mol. The fourth-order valence-electron chi connectivity index (χ4n) is 2.20. The van der Waals surface area contributed by atoms with E-state index < -0.39 is 29.0 Å². The van der Waals surface area contributed by atoms with Crippen molar-refractivity contribution in [3.63, 3.8) is 0 Å². The zero-order valence-corrected chi connectivity index (χ0v) is 10.3. The van der Waals surface area contributed by atoms with Crippen LogP contribution in [-0.4, -0.2) is 19.0 Å². The van der Waals surface area contributed by atoms with Gasteiger partial charge in [-0.3, -0.25) is 4.79 Å². The van der Waals surface area contributed by atoms with E-state index in [1.807, 2.05) is 0 Å². The number of carbonyl (C=O) groups excluding carboxylic acids is 1. The summed E-state index contributed by atoms with van der Waals surface area (Å²) in [6, 6.07) is 1.09. The van der Waals surface area contributed by atoms with Gasteiger partial charge in [0.2, 0.25) is 5.91 Å². The van der Waals surface area contributed by atoms with Gasteiger partial charge in [-0.1, -0.05) is 0 Å². The van der Waals surface area contributed by atoms with Gasteiger partial charge in [0.1, 0.15) is 11.5 Å². The minimum absolute atomic E-state index is 0.216. The van der Waals surface area contributed by atoms with Crippen LogP contribution < -0.4 is 10.6 Å². The second-order valence-corrected chi connectivity index (χ2v) is 4.69. The van der Waals surface area contributed by atoms with E-state index in [0.717, 1.165) is 25.9 Å². The molecule has 2 N–H and O–H groups in total. The average molecular weight is 272 g/mol. The van der Waals surface area contributed by atoms with Gasteiger partial charge in [-0.2, -0.15) is 0 Å². The third kappa shape index (κ3) is 3.70. The number of amides is 1. The molecule has 0 unspecified atom stereocenters. The molecule has 1 amide bonds. The summed E-state index contributed by atoms with van der Waals surface area (Å²) in [6.07, 6.45) is 1.95. The van der Waals surface area contributed by atoms with Crippen LogP contribution in [0.25, 0.3) is 0 Å². The second-order valence-electron chi connectivity index (χ2n) is 4.69. The Balaban J connectivity index is 1.98. The van der Waals surface area contributed by atoms with Gasteiger partial charge in [-0.05, 0) is 31.8 Å². The molecule has 0 aliphatic carbocycles. The molecule has 1 aromatic rings. The zero-order valence-electron chi connectivity index (χ0n) is 10.3. The summed E-state index contributed by atoms with van der Waals surface area (Å²) < 4.78 is 39.4. The number of halogens is 3. The average Bonchev–Trinajstić information content (AvgIpc) is 2.35. The van der Waals surface area contributed by atoms with E-state index in [2.05, 4.69) is 10.6 Å². The first kappa shape index (κ1) is 13.9. The number of nitrogens with one attached hydrogen (secondary N) is 2. The molecular weight excluding hydrogens is 257 g/mol. The number of rotatable bonds is 3. The lowest BCUT2D eigenvalue weighted by Gasteiger charge is -2.22. The standard InChI is InChI=1S/C13H15F3N2O/c14-9-6-10(15)13(11(16)7-9)18-12(19)5-8-1-3-17-4-2-8/h6-8,17H,1-5H2,(H,18,19). The molecule has 1 heterocycles. The molecule has 0 radical (unpaired) electrons. The molecule has 0 spiro atoms. The Kier molecular flexibility index (Phi) is 4.42. The van der Waals surface area contributed by atoms with Crippen molar-refractivity contribution in [2.24, 2.45) is 5.92 Å². The van der Waals surface area contributed by atoms with Crippen LogP contribution in [0.5, 0.6) is 0 Å². The highest BCUT2D eigenvalue weighted by molar-refractivity contribution is 5.91. The summed E-state index contributed by atoms with van der Waals surface area (Å²) in [4.78, 5) is 11.7. The lowest BCUT2D eigenvalue weighted by Crippen LogP contribution is -2.30. The van der Waals surface area contributed by atoms with Gasteiger partial charge in [0, 0.05) is 18.6 Å². The molecule has 6 heteroatoms. The maximum absolute atomic E-state index is 13.3. The van der Waals surface area contributed by atoms with E-state index in [1.165, 1.54) is 0 Å². The third-order valence-corrected chi connectivity index (χ3v) is 3.20. The minimum atomic E-state index is -1.10. The van der Waals surface area contributed by atoms with Crippen LogP contribution in [0.1, 0.15) is 19.3 Å². The molecule has 3 nitrogen and oxygen atoms in total. The predicted octanol–water partition coefficient (Wildman–Crippen LogP) is 2.43. The van der Waals surface area contributed by atoms with Crippen LogP contribution in [0.2, 0.25) is 0 Å². The van der Waals surface area contributed by atoms with Crippen molar-refractivity contribution in [3.8, 4) is 0 Å². The lowest BCUT2D eigenvalue weighted by molar-refractivity contribution is -0.117. The van der Waals surface area contributed by atoms with E-state index in [9.17, 15) is 18.0 Å². The Labute approximate surface area is 109 Å². The number of hydrogen-bond donors (Lipinski definition) is 2. The molecule has 1 aliphatic heterocycles. The Morgan fingerprint density at radius 1 is 1.21 bits per heavy atom. The SMILES string of the molecule is O=C(CC1CCNCC1)Nc1c(F)cc(F)cc1F. The van der Waals surface area contributed by atoms with Gasteiger partial charge in [-0.25, -0.2) is 13.2 Å². The van der Waals surface area contributed by atoms with Crippen LogP contribution in [0.3, 0.4) is 0 Å². The summed E-state index contributed by atoms with van der Waals surface area (Å²) in [6.45, 7) is 1.69. The molecule has 0 bridgehead atoms. The summed E-state index contributed by atoms with van der Waals surface area (Å²) in [7, 11) is 0. The highest BCUT2D eigenvalue weighted by atomic mass is 19.1. The second kappa shape index (κ2) is 6.06. The molecule has 1 saturated heterocycles. The molecule has 1 aliphatic rings. The molecule has 1 aromatic carbocycles. The van der Waals surface area contributed by atoms with Gasteiger partial charge in [-0.15, -0.1) is 0 Å². The number of benzene rings is 1. The van der Waals surface area contributed by atoms with Crippen molar-refractivity contribution in [2.75, 3.05) is 18.4 Å². The monoisotopic (exact) mass is 272 g/mol. The Hall–Kier alpha value is -1.56. The maximum Gasteiger partial charge on any atom is 0.224 e. The lowest BCUT2D eigenvalue weighted by atomic mass is 9.94. The van der Waals surface area contributed by atoms with Gasteiger partial charge < -0.3 is 10.6 Å². The van der Waals surface area contributed by atoms with Crippen molar-refractivity contribution in [1.82, 2.24) is 5.32 Å². The van der Waals surface area contributed by atoms with E-state index in [-0.39, 0.29) is 12.3 Å². The van der Waals surface area contributed by atoms with Crippen LogP contribution in [-0.2, 0) is 4.79 Å². The van der Waals surface area contributed by atoms with Crippen molar-refractivity contribution in [1.29, 1.82) is 0 Å². The van der Waals surface area contributed by atoms with E-state index >= 15 is 0 Å². The zero-order chi connectivity index (χ0) is 13.8. The Bertz CT molecular complexity index is 450. The van der Waals surface area contributed by atoms with Gasteiger partial charge in [0.15, 0.2) is 11.6 Å². The molecule has 19 heavy (non-hydrogen) atoms. The molecule has 0 atom stereocenters. The van der Waals surface area contributed by atoms with E-state index in [4.69, 9.17) is 0 Å². The molecule has 1 fully saturated rings. The fourth-order valence-corrected chi connectivity index (χ4v) is 2.20. The number of carbonyl (C=O) groups is 1. The molecule has 0 aromatic heterocycles. The summed E-state index contributed by atoms with van der Waals surface area (Å²) in [5, 5.41) is 5.35. The number of anilines is 1. The first-order valence-corrected chi connectivity index (χ1v) is 6.21. The fraction of sp³-hybridized carbons (Fsp3) is 0.462. The topological polar surface area (TPSA) is 41.1 Å². The van der Waals surface area contributed by atoms with Crippen molar-refractivity contribution < 1.29 is 18.0 Å². The highest BCUT2D eigenvalue weighted by Crippen LogP contribution is 2.22. The van der Waals surface area contributed by atoms with Crippen molar-refractivity contribution >= 4 is 11.6 Å². The highest BCUT2D eigenvalue weighted by Gasteiger charge is 2.19. The minimum Gasteiger partial charge on any atom is -0.321 e. The summed E-state index contributed by atoms with van der Waals surface area (Å²) >= 11 is 0. The van der Waals surface area contributed by atoms with Crippen LogP contribution in [0.15, 0.2) is 12.1 Å². The third-order valence-electron chi connectivity index (χ3n) is 3.20. The smallest absolute Gasteiger partial charge is 0.224 e. The van der Waals surface area contributed by atoms with E-state index in [0.29, 0.717) is 12.1 Å². The van der Waals surface area contributed by atoms with Gasteiger partial charge >= 0.3 is 0 Å². The molecule has 0 saturated carbocycles. The summed E-state index contributed by atoms with van der Waals surface area (Å²) in [5.41, 5.74) is -0.583. The van der Waals surface area contributed by atoms with Crippen LogP contribution in [0.4, 0.5) is 18.9 Å². The van der Waals surface area contributed by atoms with E-state index in [1.54, 1.807) is 0 Å². The first-order valence-electron chi connectivity index (χ1n) is 6.21. The van der Waals surface area contributed by atoms with Crippen molar-refractivity contribution in [3.05, 3.63) is 29.6 Å². The Morgan fingerprint density at radius 2 is 1.79 bits per heavy atom. The quantitative estimate of drug-likeness (QED) is 0.887. The summed E-state index contributed by atoms with van der Waals surface area (Å²) in [5.74, 6) is -3.44. The van der Waals surface area contributed by atoms with Crippen LogP contribution in [0, 0.1) is 23.4 Å². The molecule has 104 valence electrons. The van der Waals surface area contributed by atoms with Gasteiger partial charge in [0.25, 0.3) is 0 Å². The van der Waals surface area contributed by atoms with Crippen LogP contribution >= 0.6 is 0 Å². The normalized spacial score (nSPS) is 16.4. The molecular formula is C13H15F3N2O. The molecule has 2 rings (SSSR count). The number of piperidine rings is 1. The van der Waals surface area contributed by atoms with Crippen molar-refractivity contribution in [2.45, 2.75) is 19.3 Å². The largest absolute Gasteiger partial charge is 0.321 e. The number of hydrogen-bond acceptors (Lipinski definition) is 2. The van der Waals surface area contributed by atoms with Gasteiger partial charge in [0.05, 0.1) is 0 Å².